The van der Waals surface area contributed by atoms with E-state index in [1.165, 1.54) is 0 Å². The molecule has 0 aromatic heterocycles. The lowest BCUT2D eigenvalue weighted by atomic mass is 9.82. The summed E-state index contributed by atoms with van der Waals surface area (Å²) in [5.41, 5.74) is -12.8. The molecule has 0 aromatic rings. The average molecular weight is 478 g/mol. The van der Waals surface area contributed by atoms with Gasteiger partial charge in [-0.15, -0.1) is 0 Å². The molecule has 0 aliphatic heterocycles. The van der Waals surface area contributed by atoms with Gasteiger partial charge in [-0.25, -0.2) is 13.2 Å². The fourth-order valence-corrected chi connectivity index (χ4v) is 4.25. The van der Waals surface area contributed by atoms with Gasteiger partial charge in [0.25, 0.3) is 0 Å². The smallest absolute Gasteiger partial charge is 0.377 e. The molecule has 0 bridgehead atoms. The minimum Gasteiger partial charge on any atom is -0.377 e. The van der Waals surface area contributed by atoms with Crippen LogP contribution in [0.15, 0.2) is 0 Å². The molecule has 0 aliphatic carbocycles. The SMILES string of the molecule is CO[Si](CCCCC(F)(C(F)C(F)(C(F)(F)F)C(F)(F)F)C(F)(F)F)(OC)OC. The fraction of sp³-hybridized carbons (Fsp3) is 1.00. The van der Waals surface area contributed by atoms with Crippen molar-refractivity contribution in [2.75, 3.05) is 21.3 Å². The van der Waals surface area contributed by atoms with E-state index in [-0.39, 0.29) is 6.04 Å². The number of hydrogen-bond donors (Lipinski definition) is 0. The highest BCUT2D eigenvalue weighted by molar-refractivity contribution is 6.60. The van der Waals surface area contributed by atoms with Crippen LogP contribution in [0.2, 0.25) is 6.04 Å². The topological polar surface area (TPSA) is 27.7 Å². The molecular weight excluding hydrogens is 460 g/mol. The predicted molar refractivity (Wildman–Crippen MR) is 76.2 cm³/mol. The summed E-state index contributed by atoms with van der Waals surface area (Å²) in [7, 11) is -0.135. The summed E-state index contributed by atoms with van der Waals surface area (Å²) in [5.74, 6) is 0. The Morgan fingerprint density at radius 1 is 0.655 bits per heavy atom. The first kappa shape index (κ1) is 28.3. The van der Waals surface area contributed by atoms with Crippen molar-refractivity contribution in [2.45, 2.75) is 61.3 Å². The van der Waals surface area contributed by atoms with Crippen molar-refractivity contribution in [3.05, 3.63) is 0 Å². The van der Waals surface area contributed by atoms with Gasteiger partial charge in [0.2, 0.25) is 5.67 Å². The van der Waals surface area contributed by atoms with Gasteiger partial charge in [-0.1, -0.05) is 0 Å². The van der Waals surface area contributed by atoms with Crippen LogP contribution in [0.4, 0.5) is 52.7 Å². The van der Waals surface area contributed by atoms with Gasteiger partial charge in [0.1, 0.15) is 0 Å². The van der Waals surface area contributed by atoms with Crippen LogP contribution in [0.3, 0.4) is 0 Å². The van der Waals surface area contributed by atoms with Crippen molar-refractivity contribution < 1.29 is 66.0 Å². The minimum atomic E-state index is -7.20. The number of unbranched alkanes of at least 4 members (excludes halogenated alkanes) is 1. The van der Waals surface area contributed by atoms with E-state index in [9.17, 15) is 52.7 Å². The molecular formula is C13H18F12O3Si. The van der Waals surface area contributed by atoms with Gasteiger partial charge in [-0.2, -0.15) is 39.5 Å². The van der Waals surface area contributed by atoms with Crippen LogP contribution >= 0.6 is 0 Å². The summed E-state index contributed by atoms with van der Waals surface area (Å²) < 4.78 is 171. The Bertz CT molecular complexity index is 494. The zero-order valence-electron chi connectivity index (χ0n) is 15.2. The van der Waals surface area contributed by atoms with Gasteiger partial charge < -0.3 is 13.3 Å². The molecule has 0 saturated carbocycles. The molecule has 0 rings (SSSR count). The number of hydrogen-bond acceptors (Lipinski definition) is 3. The first-order valence-electron chi connectivity index (χ1n) is 7.67. The van der Waals surface area contributed by atoms with Crippen molar-refractivity contribution in [3.8, 4) is 0 Å². The lowest BCUT2D eigenvalue weighted by Crippen LogP contribution is -2.68. The van der Waals surface area contributed by atoms with Crippen LogP contribution in [-0.2, 0) is 13.3 Å². The summed E-state index contributed by atoms with van der Waals surface area (Å²) in [6, 6.07) is -0.319. The maximum Gasteiger partial charge on any atom is 0.500 e. The maximum atomic E-state index is 14.3. The first-order chi connectivity index (χ1) is 12.8. The monoisotopic (exact) mass is 478 g/mol. The second kappa shape index (κ2) is 9.17. The highest BCUT2D eigenvalue weighted by atomic mass is 28.4. The van der Waals surface area contributed by atoms with Gasteiger partial charge >= 0.3 is 33.0 Å². The van der Waals surface area contributed by atoms with Gasteiger partial charge in [-0.05, 0) is 19.3 Å². The average Bonchev–Trinajstić information content (AvgIpc) is 2.58. The van der Waals surface area contributed by atoms with Gasteiger partial charge in [0, 0.05) is 27.4 Å². The molecule has 0 radical (unpaired) electrons. The summed E-state index contributed by atoms with van der Waals surface area (Å²) in [6.45, 7) is 0. The number of rotatable bonds is 10. The van der Waals surface area contributed by atoms with Crippen LogP contribution < -0.4 is 0 Å². The lowest BCUT2D eigenvalue weighted by Gasteiger charge is -2.40. The second-order valence-electron chi connectivity index (χ2n) is 5.93. The number of halogens is 12. The highest BCUT2D eigenvalue weighted by Gasteiger charge is 2.83. The van der Waals surface area contributed by atoms with E-state index in [1.807, 2.05) is 0 Å². The zero-order valence-corrected chi connectivity index (χ0v) is 16.2. The molecule has 0 fully saturated rings. The zero-order chi connectivity index (χ0) is 23.5. The Kier molecular flexibility index (Phi) is 8.94. The van der Waals surface area contributed by atoms with Crippen molar-refractivity contribution in [1.29, 1.82) is 0 Å². The summed E-state index contributed by atoms with van der Waals surface area (Å²) in [4.78, 5) is 0. The second-order valence-corrected chi connectivity index (χ2v) is 9.02. The summed E-state index contributed by atoms with van der Waals surface area (Å²) in [6.07, 6.45) is -30.4. The molecule has 29 heavy (non-hydrogen) atoms. The van der Waals surface area contributed by atoms with Gasteiger partial charge in [-0.3, -0.25) is 0 Å². The van der Waals surface area contributed by atoms with Crippen LogP contribution in [0.1, 0.15) is 19.3 Å². The quantitative estimate of drug-likeness (QED) is 0.237. The Hall–Kier alpha value is -0.743. The third kappa shape index (κ3) is 5.49. The lowest BCUT2D eigenvalue weighted by molar-refractivity contribution is -0.383. The fourth-order valence-electron chi connectivity index (χ4n) is 2.46. The van der Waals surface area contributed by atoms with Crippen molar-refractivity contribution in [3.63, 3.8) is 0 Å². The maximum absolute atomic E-state index is 14.3. The molecule has 3 nitrogen and oxygen atoms in total. The van der Waals surface area contributed by atoms with Crippen molar-refractivity contribution >= 4 is 8.80 Å². The molecule has 0 spiro atoms. The molecule has 0 heterocycles. The van der Waals surface area contributed by atoms with Crippen LogP contribution in [0.25, 0.3) is 0 Å². The standard InChI is InChI=1S/C13H18F12O3Si/c1-26-29(27-2,28-3)7-5-4-6-9(15,11(17,18)19)8(14)10(16,12(20,21)22)13(23,24)25/h8H,4-7H2,1-3H3. The summed E-state index contributed by atoms with van der Waals surface area (Å²) >= 11 is 0. The summed E-state index contributed by atoms with van der Waals surface area (Å²) in [5, 5.41) is 0. The van der Waals surface area contributed by atoms with Crippen LogP contribution in [0, 0.1) is 0 Å². The Morgan fingerprint density at radius 3 is 1.31 bits per heavy atom. The molecule has 0 aromatic carbocycles. The molecule has 2 unspecified atom stereocenters. The van der Waals surface area contributed by atoms with Crippen LogP contribution in [-0.4, -0.2) is 66.2 Å². The molecule has 16 heteroatoms. The number of alkyl halides is 12. The molecule has 0 amide bonds. The highest BCUT2D eigenvalue weighted by Crippen LogP contribution is 2.56. The van der Waals surface area contributed by atoms with Crippen molar-refractivity contribution in [2.24, 2.45) is 0 Å². The normalized spacial score (nSPS) is 17.9. The molecule has 176 valence electrons. The Morgan fingerprint density at radius 2 is 1.03 bits per heavy atom. The largest absolute Gasteiger partial charge is 0.500 e. The molecule has 0 aliphatic rings. The van der Waals surface area contributed by atoms with E-state index in [0.29, 0.717) is 0 Å². The third-order valence-corrected chi connectivity index (χ3v) is 7.09. The van der Waals surface area contributed by atoms with E-state index >= 15 is 0 Å². The van der Waals surface area contributed by atoms with Gasteiger partial charge in [0.05, 0.1) is 0 Å². The minimum absolute atomic E-state index is 0.319. The van der Waals surface area contributed by atoms with E-state index < -0.39 is 64.1 Å². The van der Waals surface area contributed by atoms with Crippen LogP contribution in [0.5, 0.6) is 0 Å². The first-order valence-corrected chi connectivity index (χ1v) is 9.60. The third-order valence-electron chi connectivity index (χ3n) is 4.25. The van der Waals surface area contributed by atoms with E-state index in [0.717, 1.165) is 21.3 Å². The van der Waals surface area contributed by atoms with E-state index in [1.54, 1.807) is 0 Å². The van der Waals surface area contributed by atoms with Crippen molar-refractivity contribution in [1.82, 2.24) is 0 Å². The molecule has 0 saturated heterocycles. The Balaban J connectivity index is 5.80. The van der Waals surface area contributed by atoms with Gasteiger partial charge in [0.15, 0.2) is 6.17 Å². The Labute approximate surface area is 158 Å². The molecule has 0 N–H and O–H groups in total. The van der Waals surface area contributed by atoms with E-state index in [4.69, 9.17) is 13.3 Å². The predicted octanol–water partition coefficient (Wildman–Crippen LogP) is 5.48. The van der Waals surface area contributed by atoms with E-state index in [2.05, 4.69) is 0 Å². The molecule has 2 atom stereocenters.